The molecule has 26 heavy (non-hydrogen) atoms. The van der Waals surface area contributed by atoms with Gasteiger partial charge in [-0.25, -0.2) is 13.8 Å². The molecule has 0 radical (unpaired) electrons. The molecule has 0 bridgehead atoms. The van der Waals surface area contributed by atoms with Gasteiger partial charge < -0.3 is 5.11 Å². The highest BCUT2D eigenvalue weighted by atomic mass is 19.1. The second kappa shape index (κ2) is 6.36. The highest BCUT2D eigenvalue weighted by Gasteiger charge is 2.16. The molecule has 0 unspecified atom stereocenters. The standard InChI is InChI=1S/C19H12F2N4O/c20-13-9-7-12(8-10-13)17-19(24-23-15-5-2-1-4-14(15)21)25-11-3-6-16(26)18(25)22-17/h1-11,26H. The number of azo groups is 1. The fourth-order valence-electron chi connectivity index (χ4n) is 2.57. The first-order valence-corrected chi connectivity index (χ1v) is 7.76. The van der Waals surface area contributed by atoms with Crippen molar-refractivity contribution in [3.63, 3.8) is 0 Å². The fraction of sp³-hybridized carbons (Fsp3) is 0. The Morgan fingerprint density at radius 1 is 0.885 bits per heavy atom. The van der Waals surface area contributed by atoms with Gasteiger partial charge >= 0.3 is 0 Å². The average molecular weight is 350 g/mol. The van der Waals surface area contributed by atoms with E-state index in [0.717, 1.165) is 0 Å². The smallest absolute Gasteiger partial charge is 0.187 e. The molecule has 5 nitrogen and oxygen atoms in total. The fourth-order valence-corrected chi connectivity index (χ4v) is 2.57. The molecule has 0 aliphatic heterocycles. The Kier molecular flexibility index (Phi) is 3.89. The molecule has 2 heterocycles. The summed E-state index contributed by atoms with van der Waals surface area (Å²) in [6, 6.07) is 14.8. The SMILES string of the molecule is Oc1cccn2c(N=Nc3ccccc3F)c(-c3ccc(F)cc3)nc12. The first-order chi connectivity index (χ1) is 12.6. The van der Waals surface area contributed by atoms with Crippen molar-refractivity contribution in [2.24, 2.45) is 10.2 Å². The maximum Gasteiger partial charge on any atom is 0.187 e. The molecule has 4 rings (SSSR count). The van der Waals surface area contributed by atoms with Crippen molar-refractivity contribution in [1.82, 2.24) is 9.38 Å². The van der Waals surface area contributed by atoms with Crippen LogP contribution < -0.4 is 0 Å². The van der Waals surface area contributed by atoms with Gasteiger partial charge in [-0.3, -0.25) is 4.40 Å². The van der Waals surface area contributed by atoms with E-state index in [1.807, 2.05) is 0 Å². The summed E-state index contributed by atoms with van der Waals surface area (Å²) in [5.41, 5.74) is 1.34. The molecule has 0 saturated carbocycles. The van der Waals surface area contributed by atoms with E-state index in [4.69, 9.17) is 0 Å². The summed E-state index contributed by atoms with van der Waals surface area (Å²) in [4.78, 5) is 4.39. The summed E-state index contributed by atoms with van der Waals surface area (Å²) in [6.45, 7) is 0. The van der Waals surface area contributed by atoms with Crippen LogP contribution in [0.3, 0.4) is 0 Å². The van der Waals surface area contributed by atoms with Crippen molar-refractivity contribution >= 4 is 17.2 Å². The van der Waals surface area contributed by atoms with E-state index in [1.54, 1.807) is 40.9 Å². The monoisotopic (exact) mass is 350 g/mol. The van der Waals surface area contributed by atoms with E-state index >= 15 is 0 Å². The van der Waals surface area contributed by atoms with Crippen molar-refractivity contribution in [1.29, 1.82) is 0 Å². The summed E-state index contributed by atoms with van der Waals surface area (Å²) in [7, 11) is 0. The number of benzene rings is 2. The van der Waals surface area contributed by atoms with Crippen LogP contribution in [0.25, 0.3) is 16.9 Å². The van der Waals surface area contributed by atoms with Crippen molar-refractivity contribution in [2.75, 3.05) is 0 Å². The van der Waals surface area contributed by atoms with Crippen LogP contribution in [0.15, 0.2) is 77.1 Å². The number of nitrogens with zero attached hydrogens (tertiary/aromatic N) is 4. The summed E-state index contributed by atoms with van der Waals surface area (Å²) < 4.78 is 28.6. The molecule has 7 heteroatoms. The van der Waals surface area contributed by atoms with E-state index in [1.165, 1.54) is 30.3 Å². The molecule has 0 atom stereocenters. The zero-order valence-corrected chi connectivity index (χ0v) is 13.3. The lowest BCUT2D eigenvalue weighted by Crippen LogP contribution is -1.83. The van der Waals surface area contributed by atoms with Gasteiger partial charge in [-0.15, -0.1) is 10.2 Å². The number of hydrogen-bond donors (Lipinski definition) is 1. The predicted octanol–water partition coefficient (Wildman–Crippen LogP) is 5.40. The van der Waals surface area contributed by atoms with Crippen LogP contribution in [0, 0.1) is 11.6 Å². The summed E-state index contributed by atoms with van der Waals surface area (Å²) in [5.74, 6) is -0.625. The van der Waals surface area contributed by atoms with Crippen LogP contribution in [-0.2, 0) is 0 Å². The molecular formula is C19H12F2N4O. The highest BCUT2D eigenvalue weighted by molar-refractivity contribution is 5.76. The third-order valence-corrected chi connectivity index (χ3v) is 3.83. The normalized spacial score (nSPS) is 11.5. The number of hydrogen-bond acceptors (Lipinski definition) is 4. The van der Waals surface area contributed by atoms with Crippen LogP contribution in [-0.4, -0.2) is 14.5 Å². The molecular weight excluding hydrogens is 338 g/mol. The minimum atomic E-state index is -0.503. The quantitative estimate of drug-likeness (QED) is 0.503. The van der Waals surface area contributed by atoms with Gasteiger partial charge in [-0.2, -0.15) is 0 Å². The summed E-state index contributed by atoms with van der Waals surface area (Å²) in [6.07, 6.45) is 1.66. The Morgan fingerprint density at radius 3 is 2.42 bits per heavy atom. The molecule has 1 N–H and O–H groups in total. The number of aromatic nitrogens is 2. The largest absolute Gasteiger partial charge is 0.504 e. The second-order valence-corrected chi connectivity index (χ2v) is 5.53. The lowest BCUT2D eigenvalue weighted by Gasteiger charge is -2.00. The van der Waals surface area contributed by atoms with Crippen LogP contribution in [0.4, 0.5) is 20.3 Å². The van der Waals surface area contributed by atoms with Crippen LogP contribution in [0.1, 0.15) is 0 Å². The van der Waals surface area contributed by atoms with Crippen LogP contribution in [0.2, 0.25) is 0 Å². The molecule has 2 aromatic carbocycles. The number of aromatic hydroxyl groups is 1. The first kappa shape index (κ1) is 15.9. The minimum absolute atomic E-state index is 0.0387. The molecule has 0 spiro atoms. The van der Waals surface area contributed by atoms with Gasteiger partial charge in [-0.1, -0.05) is 12.1 Å². The molecule has 128 valence electrons. The number of pyridine rings is 1. The van der Waals surface area contributed by atoms with E-state index < -0.39 is 5.82 Å². The van der Waals surface area contributed by atoms with Gasteiger partial charge in [0.05, 0.1) is 0 Å². The van der Waals surface area contributed by atoms with Crippen molar-refractivity contribution in [3.05, 3.63) is 78.5 Å². The summed E-state index contributed by atoms with van der Waals surface area (Å²) in [5, 5.41) is 18.2. The Hall–Kier alpha value is -3.61. The third-order valence-electron chi connectivity index (χ3n) is 3.83. The van der Waals surface area contributed by atoms with Crippen LogP contribution >= 0.6 is 0 Å². The number of fused-ring (bicyclic) bond motifs is 1. The Balaban J connectivity index is 1.91. The topological polar surface area (TPSA) is 62.2 Å². The van der Waals surface area contributed by atoms with E-state index in [0.29, 0.717) is 17.1 Å². The maximum absolute atomic E-state index is 13.8. The van der Waals surface area contributed by atoms with Gasteiger partial charge in [0.15, 0.2) is 23.0 Å². The Bertz CT molecular complexity index is 1120. The zero-order valence-electron chi connectivity index (χ0n) is 13.3. The first-order valence-electron chi connectivity index (χ1n) is 7.76. The zero-order chi connectivity index (χ0) is 18.1. The summed E-state index contributed by atoms with van der Waals surface area (Å²) >= 11 is 0. The van der Waals surface area contributed by atoms with Gasteiger partial charge in [0.2, 0.25) is 0 Å². The Morgan fingerprint density at radius 2 is 1.65 bits per heavy atom. The predicted molar refractivity (Wildman–Crippen MR) is 92.8 cm³/mol. The number of rotatable bonds is 3. The third kappa shape index (κ3) is 2.79. The Labute approximate surface area is 146 Å². The van der Waals surface area contributed by atoms with E-state index in [-0.39, 0.29) is 22.9 Å². The molecule has 0 saturated heterocycles. The van der Waals surface area contributed by atoms with Gasteiger partial charge in [0.1, 0.15) is 17.2 Å². The van der Waals surface area contributed by atoms with E-state index in [2.05, 4.69) is 15.2 Å². The van der Waals surface area contributed by atoms with Gasteiger partial charge in [0.25, 0.3) is 0 Å². The molecule has 0 aliphatic rings. The molecule has 0 amide bonds. The molecule has 4 aromatic rings. The molecule has 0 fully saturated rings. The van der Waals surface area contributed by atoms with Crippen LogP contribution in [0.5, 0.6) is 5.75 Å². The minimum Gasteiger partial charge on any atom is -0.504 e. The second-order valence-electron chi connectivity index (χ2n) is 5.53. The van der Waals surface area contributed by atoms with E-state index in [9.17, 15) is 13.9 Å². The molecule has 0 aliphatic carbocycles. The van der Waals surface area contributed by atoms with Crippen molar-refractivity contribution in [3.8, 4) is 17.0 Å². The number of halogens is 2. The van der Waals surface area contributed by atoms with Crippen molar-refractivity contribution in [2.45, 2.75) is 0 Å². The van der Waals surface area contributed by atoms with Gasteiger partial charge in [0, 0.05) is 11.8 Å². The maximum atomic E-state index is 13.8. The average Bonchev–Trinajstić information content (AvgIpc) is 3.02. The highest BCUT2D eigenvalue weighted by Crippen LogP contribution is 2.35. The molecule has 2 aromatic heterocycles. The number of imidazole rings is 1. The lowest BCUT2D eigenvalue weighted by atomic mass is 10.1. The van der Waals surface area contributed by atoms with Gasteiger partial charge in [-0.05, 0) is 48.5 Å². The lowest BCUT2D eigenvalue weighted by molar-refractivity contribution is 0.477. The van der Waals surface area contributed by atoms with Crippen molar-refractivity contribution < 1.29 is 13.9 Å².